The van der Waals surface area contributed by atoms with Gasteiger partial charge in [0.05, 0.1) is 10.6 Å². The monoisotopic (exact) mass is 437 g/mol. The van der Waals surface area contributed by atoms with Crippen LogP contribution in [0.4, 0.5) is 5.69 Å². The Morgan fingerprint density at radius 3 is 2.10 bits per heavy atom. The molecule has 30 heavy (non-hydrogen) atoms. The Hall–Kier alpha value is -3.35. The predicted molar refractivity (Wildman–Crippen MR) is 117 cm³/mol. The molecule has 0 unspecified atom stereocenters. The van der Waals surface area contributed by atoms with E-state index in [0.29, 0.717) is 21.4 Å². The van der Waals surface area contributed by atoms with Gasteiger partial charge in [-0.2, -0.15) is 0 Å². The zero-order valence-corrected chi connectivity index (χ0v) is 17.1. The van der Waals surface area contributed by atoms with Gasteiger partial charge in [-0.15, -0.1) is 0 Å². The molecule has 5 nitrogen and oxygen atoms in total. The molecule has 4 aromatic carbocycles. The number of benzene rings is 4. The van der Waals surface area contributed by atoms with E-state index in [0.717, 1.165) is 0 Å². The van der Waals surface area contributed by atoms with Gasteiger partial charge in [0.15, 0.2) is 0 Å². The van der Waals surface area contributed by atoms with Gasteiger partial charge in [0.1, 0.15) is 10.6 Å². The lowest BCUT2D eigenvalue weighted by atomic mass is 10.1. The predicted octanol–water partition coefficient (Wildman–Crippen LogP) is 5.28. The second-order valence-electron chi connectivity index (χ2n) is 6.59. The molecule has 1 amide bonds. The summed E-state index contributed by atoms with van der Waals surface area (Å²) in [4.78, 5) is 12.4. The van der Waals surface area contributed by atoms with Gasteiger partial charge in [0, 0.05) is 21.4 Å². The quantitative estimate of drug-likeness (QED) is 0.425. The maximum atomic E-state index is 13.2. The molecule has 7 heteroatoms. The van der Waals surface area contributed by atoms with Gasteiger partial charge in [-0.3, -0.25) is 4.79 Å². The van der Waals surface area contributed by atoms with Crippen molar-refractivity contribution in [1.29, 1.82) is 0 Å². The number of rotatable bonds is 4. The van der Waals surface area contributed by atoms with E-state index in [1.807, 2.05) is 0 Å². The number of hydrogen-bond acceptors (Lipinski definition) is 4. The third-order valence-electron chi connectivity index (χ3n) is 4.68. The molecule has 0 aliphatic heterocycles. The highest BCUT2D eigenvalue weighted by Crippen LogP contribution is 2.39. The Kier molecular flexibility index (Phi) is 5.20. The molecule has 0 bridgehead atoms. The molecule has 2 N–H and O–H groups in total. The van der Waals surface area contributed by atoms with Gasteiger partial charge >= 0.3 is 0 Å². The molecule has 0 fully saturated rings. The minimum atomic E-state index is -4.06. The standard InChI is InChI=1S/C23H16ClNO4S/c24-16-10-12-17(13-11-16)30(28,29)21-14-20(18-8-4-5-9-19(18)22(21)26)25-23(27)15-6-2-1-3-7-15/h1-14,26H,(H,25,27). The Labute approximate surface area is 178 Å². The number of fused-ring (bicyclic) bond motifs is 1. The van der Waals surface area contributed by atoms with Crippen LogP contribution in [0.1, 0.15) is 10.4 Å². The summed E-state index contributed by atoms with van der Waals surface area (Å²) < 4.78 is 26.4. The molecular weight excluding hydrogens is 422 g/mol. The van der Waals surface area contributed by atoms with Gasteiger partial charge in [0.2, 0.25) is 9.84 Å². The Balaban J connectivity index is 1.88. The molecular formula is C23H16ClNO4S. The van der Waals surface area contributed by atoms with Crippen molar-refractivity contribution in [3.8, 4) is 5.75 Å². The lowest BCUT2D eigenvalue weighted by molar-refractivity contribution is 0.102. The maximum absolute atomic E-state index is 13.2. The van der Waals surface area contributed by atoms with Gasteiger partial charge < -0.3 is 10.4 Å². The second-order valence-corrected chi connectivity index (χ2v) is 8.95. The number of nitrogens with one attached hydrogen (secondary N) is 1. The summed E-state index contributed by atoms with van der Waals surface area (Å²) in [5.74, 6) is -0.764. The van der Waals surface area contributed by atoms with Gasteiger partial charge in [-0.25, -0.2) is 8.42 Å². The Morgan fingerprint density at radius 1 is 0.833 bits per heavy atom. The summed E-state index contributed by atoms with van der Waals surface area (Å²) >= 11 is 5.87. The van der Waals surface area contributed by atoms with Crippen LogP contribution in [-0.4, -0.2) is 19.4 Å². The maximum Gasteiger partial charge on any atom is 0.255 e. The van der Waals surface area contributed by atoms with E-state index in [2.05, 4.69) is 5.32 Å². The topological polar surface area (TPSA) is 83.5 Å². The van der Waals surface area contributed by atoms with E-state index in [1.54, 1.807) is 54.6 Å². The number of carbonyl (C=O) groups is 1. The summed E-state index contributed by atoms with van der Waals surface area (Å²) in [6.07, 6.45) is 0. The summed E-state index contributed by atoms with van der Waals surface area (Å²) in [6.45, 7) is 0. The first-order valence-corrected chi connectivity index (χ1v) is 10.9. The second kappa shape index (κ2) is 7.82. The van der Waals surface area contributed by atoms with Crippen LogP contribution in [0.25, 0.3) is 10.8 Å². The van der Waals surface area contributed by atoms with E-state index >= 15 is 0 Å². The fraction of sp³-hybridized carbons (Fsp3) is 0. The Morgan fingerprint density at radius 2 is 1.43 bits per heavy atom. The molecule has 0 heterocycles. The summed E-state index contributed by atoms with van der Waals surface area (Å²) in [5.41, 5.74) is 0.710. The van der Waals surface area contributed by atoms with E-state index in [9.17, 15) is 18.3 Å². The largest absolute Gasteiger partial charge is 0.506 e. The first-order valence-electron chi connectivity index (χ1n) is 9.00. The number of hydrogen-bond donors (Lipinski definition) is 2. The van der Waals surface area contributed by atoms with Crippen molar-refractivity contribution in [2.75, 3.05) is 5.32 Å². The number of halogens is 1. The Bertz CT molecular complexity index is 1350. The van der Waals surface area contributed by atoms with Crippen LogP contribution in [0.15, 0.2) is 94.7 Å². The van der Waals surface area contributed by atoms with Gasteiger partial charge in [-0.1, -0.05) is 54.1 Å². The van der Waals surface area contributed by atoms with Crippen molar-refractivity contribution < 1.29 is 18.3 Å². The number of phenols is 1. The minimum absolute atomic E-state index is 0.0159. The third kappa shape index (κ3) is 3.63. The van der Waals surface area contributed by atoms with Crippen LogP contribution < -0.4 is 5.32 Å². The van der Waals surface area contributed by atoms with Crippen molar-refractivity contribution in [1.82, 2.24) is 0 Å². The molecule has 4 rings (SSSR count). The number of anilines is 1. The number of aromatic hydroxyl groups is 1. The summed E-state index contributed by atoms with van der Waals surface area (Å²) in [7, 11) is -4.06. The highest BCUT2D eigenvalue weighted by atomic mass is 35.5. The fourth-order valence-corrected chi connectivity index (χ4v) is 4.68. The molecule has 0 saturated carbocycles. The first kappa shape index (κ1) is 19.9. The van der Waals surface area contributed by atoms with Crippen LogP contribution in [0, 0.1) is 0 Å². The van der Waals surface area contributed by atoms with Gasteiger partial charge in [0.25, 0.3) is 5.91 Å². The van der Waals surface area contributed by atoms with Crippen molar-refractivity contribution in [3.05, 3.63) is 95.5 Å². The molecule has 150 valence electrons. The third-order valence-corrected chi connectivity index (χ3v) is 6.71. The van der Waals surface area contributed by atoms with Crippen molar-refractivity contribution in [2.24, 2.45) is 0 Å². The molecule has 0 aliphatic carbocycles. The summed E-state index contributed by atoms with van der Waals surface area (Å²) in [5, 5.41) is 14.8. The van der Waals surface area contributed by atoms with E-state index in [1.165, 1.54) is 30.3 Å². The first-order chi connectivity index (χ1) is 14.4. The number of phenolic OH excluding ortho intramolecular Hbond substituents is 1. The highest BCUT2D eigenvalue weighted by molar-refractivity contribution is 7.91. The average Bonchev–Trinajstić information content (AvgIpc) is 2.76. The number of sulfone groups is 1. The number of amides is 1. The summed E-state index contributed by atoms with van der Waals surface area (Å²) in [6, 6.07) is 22.3. The zero-order chi connectivity index (χ0) is 21.3. The molecule has 0 radical (unpaired) electrons. The van der Waals surface area contributed by atoms with Crippen LogP contribution in [0.2, 0.25) is 5.02 Å². The lowest BCUT2D eigenvalue weighted by Gasteiger charge is -2.15. The molecule has 0 atom stereocenters. The highest BCUT2D eigenvalue weighted by Gasteiger charge is 2.25. The smallest absolute Gasteiger partial charge is 0.255 e. The van der Waals surface area contributed by atoms with E-state index in [-0.39, 0.29) is 27.1 Å². The van der Waals surface area contributed by atoms with Crippen LogP contribution in [0.3, 0.4) is 0 Å². The van der Waals surface area contributed by atoms with Crippen LogP contribution in [-0.2, 0) is 9.84 Å². The van der Waals surface area contributed by atoms with Crippen molar-refractivity contribution in [3.63, 3.8) is 0 Å². The lowest BCUT2D eigenvalue weighted by Crippen LogP contribution is -2.13. The molecule has 4 aromatic rings. The van der Waals surface area contributed by atoms with E-state index in [4.69, 9.17) is 11.6 Å². The van der Waals surface area contributed by atoms with Crippen molar-refractivity contribution >= 4 is 43.8 Å². The number of carbonyl (C=O) groups excluding carboxylic acids is 1. The molecule has 0 aromatic heterocycles. The van der Waals surface area contributed by atoms with E-state index < -0.39 is 9.84 Å². The molecule has 0 aliphatic rings. The SMILES string of the molecule is O=C(Nc1cc(S(=O)(=O)c2ccc(Cl)cc2)c(O)c2ccccc12)c1ccccc1. The average molecular weight is 438 g/mol. The normalized spacial score (nSPS) is 11.4. The zero-order valence-electron chi connectivity index (χ0n) is 15.5. The fourth-order valence-electron chi connectivity index (χ4n) is 3.17. The van der Waals surface area contributed by atoms with Crippen LogP contribution >= 0.6 is 11.6 Å². The molecule has 0 spiro atoms. The van der Waals surface area contributed by atoms with Crippen molar-refractivity contribution in [2.45, 2.75) is 9.79 Å². The minimum Gasteiger partial charge on any atom is -0.506 e. The van der Waals surface area contributed by atoms with Crippen LogP contribution in [0.5, 0.6) is 5.75 Å². The molecule has 0 saturated heterocycles. The van der Waals surface area contributed by atoms with Gasteiger partial charge in [-0.05, 0) is 42.5 Å².